The number of allylic oxidation sites excluding steroid dienone is 1. The third-order valence-electron chi connectivity index (χ3n) is 5.29. The predicted octanol–water partition coefficient (Wildman–Crippen LogP) is 4.43. The summed E-state index contributed by atoms with van der Waals surface area (Å²) in [6, 6.07) is 14.2. The fraction of sp³-hybridized carbons (Fsp3) is 0.250. The molecule has 0 bridgehead atoms. The Morgan fingerprint density at radius 2 is 1.82 bits per heavy atom. The Hall–Kier alpha value is -3.59. The van der Waals surface area contributed by atoms with Gasteiger partial charge >= 0.3 is 11.9 Å². The molecule has 170 valence electrons. The Bertz CT molecular complexity index is 1220. The van der Waals surface area contributed by atoms with Crippen molar-refractivity contribution < 1.29 is 19.4 Å². The number of rotatable bonds is 7. The summed E-state index contributed by atoms with van der Waals surface area (Å²) in [4.78, 5) is 28.5. The number of carboxylic acid groups (broad SMARTS) is 1. The highest BCUT2D eigenvalue weighted by Gasteiger charge is 2.35. The number of carbonyl (C=O) groups excluding carboxylic acids is 1. The quantitative estimate of drug-likeness (QED) is 0.391. The number of aromatic carboxylic acids is 1. The average Bonchev–Trinajstić information content (AvgIpc) is 3.20. The smallest absolute Gasteiger partial charge is 0.338 e. The largest absolute Gasteiger partial charge is 0.478 e. The molecule has 0 unspecified atom stereocenters. The monoisotopic (exact) mass is 464 g/mol. The summed E-state index contributed by atoms with van der Waals surface area (Å²) in [7, 11) is 0. The SMILES string of the molecule is CCOC(=O)C1=C(C)Nc2nc(SCc3ccc(C(=O)O)cc3)nn2[C@@H]1c1ccc(C)cc1. The van der Waals surface area contributed by atoms with Gasteiger partial charge in [-0.1, -0.05) is 53.7 Å². The zero-order valence-electron chi connectivity index (χ0n) is 18.5. The number of aromatic nitrogens is 3. The lowest BCUT2D eigenvalue weighted by Crippen LogP contribution is -2.29. The number of anilines is 1. The van der Waals surface area contributed by atoms with Crippen LogP contribution in [0.4, 0.5) is 5.95 Å². The van der Waals surface area contributed by atoms with Crippen LogP contribution in [0.2, 0.25) is 0 Å². The summed E-state index contributed by atoms with van der Waals surface area (Å²) in [5.41, 5.74) is 4.42. The number of benzene rings is 2. The van der Waals surface area contributed by atoms with Crippen LogP contribution in [0.15, 0.2) is 65.0 Å². The number of nitrogens with one attached hydrogen (secondary N) is 1. The van der Waals surface area contributed by atoms with Crippen molar-refractivity contribution in [3.8, 4) is 0 Å². The van der Waals surface area contributed by atoms with E-state index >= 15 is 0 Å². The molecule has 0 saturated heterocycles. The minimum atomic E-state index is -0.953. The van der Waals surface area contributed by atoms with Crippen LogP contribution in [0.25, 0.3) is 0 Å². The Labute approximate surface area is 195 Å². The predicted molar refractivity (Wildman–Crippen MR) is 125 cm³/mol. The highest BCUT2D eigenvalue weighted by atomic mass is 32.2. The van der Waals surface area contributed by atoms with Crippen molar-refractivity contribution >= 4 is 29.6 Å². The molecule has 0 radical (unpaired) electrons. The molecule has 0 fully saturated rings. The summed E-state index contributed by atoms with van der Waals surface area (Å²) in [6.07, 6.45) is 0. The number of hydrogen-bond acceptors (Lipinski definition) is 7. The maximum atomic E-state index is 12.8. The van der Waals surface area contributed by atoms with Gasteiger partial charge in [-0.05, 0) is 44.0 Å². The van der Waals surface area contributed by atoms with E-state index in [1.165, 1.54) is 11.8 Å². The van der Waals surface area contributed by atoms with Crippen LogP contribution in [0.3, 0.4) is 0 Å². The minimum Gasteiger partial charge on any atom is -0.478 e. The number of fused-ring (bicyclic) bond motifs is 1. The second kappa shape index (κ2) is 9.50. The standard InChI is InChI=1S/C24H24N4O4S/c1-4-32-22(31)19-15(3)25-23-26-24(33-13-16-7-11-18(12-8-16)21(29)30)27-28(23)20(19)17-9-5-14(2)6-10-17/h5-12,20H,4,13H2,1-3H3,(H,29,30)(H,25,26,27)/t20-/m1/s1. The molecule has 0 spiro atoms. The first-order valence-corrected chi connectivity index (χ1v) is 11.5. The normalized spacial score (nSPS) is 15.1. The van der Waals surface area contributed by atoms with E-state index in [-0.39, 0.29) is 18.1 Å². The number of aryl methyl sites for hydroxylation is 1. The van der Waals surface area contributed by atoms with Crippen molar-refractivity contribution in [2.45, 2.75) is 37.7 Å². The van der Waals surface area contributed by atoms with Crippen LogP contribution in [0.1, 0.15) is 46.9 Å². The van der Waals surface area contributed by atoms with Crippen LogP contribution in [0.5, 0.6) is 0 Å². The molecule has 2 aromatic carbocycles. The lowest BCUT2D eigenvalue weighted by Gasteiger charge is -2.28. The van der Waals surface area contributed by atoms with Crippen LogP contribution in [-0.2, 0) is 15.3 Å². The molecule has 2 heterocycles. The molecule has 0 aliphatic carbocycles. The maximum Gasteiger partial charge on any atom is 0.338 e. The fourth-order valence-corrected chi connectivity index (χ4v) is 4.40. The third-order valence-corrected chi connectivity index (χ3v) is 6.20. The molecule has 1 aromatic heterocycles. The summed E-state index contributed by atoms with van der Waals surface area (Å²) in [5, 5.41) is 17.5. The Morgan fingerprint density at radius 3 is 2.45 bits per heavy atom. The van der Waals surface area contributed by atoms with Crippen LogP contribution in [-0.4, -0.2) is 38.4 Å². The number of hydrogen-bond donors (Lipinski definition) is 2. The van der Waals surface area contributed by atoms with E-state index in [0.717, 1.165) is 16.7 Å². The van der Waals surface area contributed by atoms with Gasteiger partial charge in [-0.2, -0.15) is 4.98 Å². The molecule has 4 rings (SSSR count). The van der Waals surface area contributed by atoms with Gasteiger partial charge in [0.15, 0.2) is 0 Å². The summed E-state index contributed by atoms with van der Waals surface area (Å²) in [5.74, 6) is -0.210. The summed E-state index contributed by atoms with van der Waals surface area (Å²) >= 11 is 1.44. The fourth-order valence-electron chi connectivity index (χ4n) is 3.61. The first kappa shape index (κ1) is 22.6. The van der Waals surface area contributed by atoms with Gasteiger partial charge in [0.1, 0.15) is 6.04 Å². The second-order valence-corrected chi connectivity index (χ2v) is 8.59. The summed E-state index contributed by atoms with van der Waals surface area (Å²) < 4.78 is 7.06. The first-order chi connectivity index (χ1) is 15.9. The maximum absolute atomic E-state index is 12.8. The molecule has 2 N–H and O–H groups in total. The van der Waals surface area contributed by atoms with Crippen molar-refractivity contribution in [2.75, 3.05) is 11.9 Å². The van der Waals surface area contributed by atoms with E-state index in [1.807, 2.05) is 38.1 Å². The average molecular weight is 465 g/mol. The molecular formula is C24H24N4O4S. The van der Waals surface area contributed by atoms with Crippen molar-refractivity contribution in [2.24, 2.45) is 0 Å². The van der Waals surface area contributed by atoms with Crippen LogP contribution >= 0.6 is 11.8 Å². The molecule has 8 nitrogen and oxygen atoms in total. The second-order valence-electron chi connectivity index (χ2n) is 7.65. The van der Waals surface area contributed by atoms with Gasteiger partial charge in [0, 0.05) is 11.4 Å². The van der Waals surface area contributed by atoms with Gasteiger partial charge in [-0.3, -0.25) is 0 Å². The molecule has 1 aliphatic heterocycles. The Kier molecular flexibility index (Phi) is 6.50. The zero-order valence-corrected chi connectivity index (χ0v) is 19.3. The molecule has 1 aliphatic rings. The van der Waals surface area contributed by atoms with Gasteiger partial charge in [-0.25, -0.2) is 14.3 Å². The van der Waals surface area contributed by atoms with E-state index < -0.39 is 12.0 Å². The number of nitrogens with zero attached hydrogens (tertiary/aromatic N) is 3. The van der Waals surface area contributed by atoms with E-state index in [2.05, 4.69) is 15.4 Å². The Balaban J connectivity index is 1.63. The topological polar surface area (TPSA) is 106 Å². The Morgan fingerprint density at radius 1 is 1.12 bits per heavy atom. The molecule has 3 aromatic rings. The van der Waals surface area contributed by atoms with Crippen LogP contribution in [0, 0.1) is 6.92 Å². The number of esters is 1. The van der Waals surface area contributed by atoms with Crippen molar-refractivity contribution in [1.82, 2.24) is 14.8 Å². The van der Waals surface area contributed by atoms with Gasteiger partial charge in [0.25, 0.3) is 0 Å². The molecule has 0 saturated carbocycles. The van der Waals surface area contributed by atoms with Gasteiger partial charge in [-0.15, -0.1) is 5.10 Å². The lowest BCUT2D eigenvalue weighted by atomic mass is 9.95. The molecule has 9 heteroatoms. The molecule has 33 heavy (non-hydrogen) atoms. The zero-order chi connectivity index (χ0) is 23.5. The third kappa shape index (κ3) is 4.78. The number of carboxylic acids is 1. The van der Waals surface area contributed by atoms with Crippen molar-refractivity contribution in [1.29, 1.82) is 0 Å². The van der Waals surface area contributed by atoms with E-state index in [0.29, 0.717) is 28.1 Å². The summed E-state index contributed by atoms with van der Waals surface area (Å²) in [6.45, 7) is 5.91. The minimum absolute atomic E-state index is 0.248. The van der Waals surface area contributed by atoms with Gasteiger partial charge < -0.3 is 15.2 Å². The van der Waals surface area contributed by atoms with E-state index in [4.69, 9.17) is 9.84 Å². The highest BCUT2D eigenvalue weighted by molar-refractivity contribution is 7.98. The molecule has 0 amide bonds. The van der Waals surface area contributed by atoms with Crippen molar-refractivity contribution in [3.05, 3.63) is 82.1 Å². The van der Waals surface area contributed by atoms with Gasteiger partial charge in [0.05, 0.1) is 17.7 Å². The van der Waals surface area contributed by atoms with Crippen LogP contribution < -0.4 is 5.32 Å². The van der Waals surface area contributed by atoms with E-state index in [1.54, 1.807) is 35.9 Å². The number of carbonyl (C=O) groups is 2. The highest BCUT2D eigenvalue weighted by Crippen LogP contribution is 2.37. The lowest BCUT2D eigenvalue weighted by molar-refractivity contribution is -0.139. The number of thioether (sulfide) groups is 1. The first-order valence-electron chi connectivity index (χ1n) is 10.5. The molecular weight excluding hydrogens is 440 g/mol. The van der Waals surface area contributed by atoms with Gasteiger partial charge in [0.2, 0.25) is 11.1 Å². The van der Waals surface area contributed by atoms with Crippen molar-refractivity contribution in [3.63, 3.8) is 0 Å². The molecule has 1 atom stereocenters. The number of ether oxygens (including phenoxy) is 1. The van der Waals surface area contributed by atoms with E-state index in [9.17, 15) is 9.59 Å².